The molecule has 0 aromatic heterocycles. The van der Waals surface area contributed by atoms with Crippen LogP contribution >= 0.6 is 0 Å². The van der Waals surface area contributed by atoms with Gasteiger partial charge in [0.15, 0.2) is 11.6 Å². The monoisotopic (exact) mass is 293 g/mol. The number of rotatable bonds is 3. The molecule has 0 saturated carbocycles. The quantitative estimate of drug-likeness (QED) is 0.839. The summed E-state index contributed by atoms with van der Waals surface area (Å²) in [4.78, 5) is 13.6. The summed E-state index contributed by atoms with van der Waals surface area (Å²) in [6.45, 7) is 1.77. The zero-order valence-electron chi connectivity index (χ0n) is 11.6. The van der Waals surface area contributed by atoms with Gasteiger partial charge >= 0.3 is 0 Å². The number of amides is 1. The van der Waals surface area contributed by atoms with Crippen LogP contribution in [0.3, 0.4) is 0 Å². The first-order valence-electron chi connectivity index (χ1n) is 6.38. The third-order valence-corrected chi connectivity index (χ3v) is 3.42. The van der Waals surface area contributed by atoms with Gasteiger partial charge in [-0.05, 0) is 42.8 Å². The molecule has 0 heterocycles. The maximum Gasteiger partial charge on any atom is 0.254 e. The second-order valence-corrected chi connectivity index (χ2v) is 4.77. The van der Waals surface area contributed by atoms with Gasteiger partial charge in [-0.1, -0.05) is 12.1 Å². The molecule has 0 radical (unpaired) electrons. The summed E-state index contributed by atoms with van der Waals surface area (Å²) >= 11 is 0. The molecule has 0 aliphatic carbocycles. The maximum atomic E-state index is 13.2. The van der Waals surface area contributed by atoms with E-state index in [4.69, 9.17) is 0 Å². The maximum absolute atomic E-state index is 13.2. The molecular formula is C16H14F3NO. The summed E-state index contributed by atoms with van der Waals surface area (Å²) in [6.07, 6.45) is 0. The summed E-state index contributed by atoms with van der Waals surface area (Å²) in [5, 5.41) is 0. The Morgan fingerprint density at radius 1 is 1.00 bits per heavy atom. The third-order valence-electron chi connectivity index (χ3n) is 3.42. The minimum Gasteiger partial charge on any atom is -0.335 e. The van der Waals surface area contributed by atoms with Gasteiger partial charge in [0, 0.05) is 12.6 Å². The average molecular weight is 293 g/mol. The second-order valence-electron chi connectivity index (χ2n) is 4.77. The molecule has 2 nitrogen and oxygen atoms in total. The van der Waals surface area contributed by atoms with Crippen molar-refractivity contribution >= 4 is 5.91 Å². The van der Waals surface area contributed by atoms with Gasteiger partial charge < -0.3 is 4.90 Å². The van der Waals surface area contributed by atoms with Crippen LogP contribution in [0.5, 0.6) is 0 Å². The Bertz CT molecular complexity index is 655. The lowest BCUT2D eigenvalue weighted by molar-refractivity contribution is 0.0742. The minimum absolute atomic E-state index is 0.0605. The number of carbonyl (C=O) groups is 1. The molecule has 2 rings (SSSR count). The van der Waals surface area contributed by atoms with Gasteiger partial charge in [-0.25, -0.2) is 13.2 Å². The Balaban J connectivity index is 2.21. The molecule has 0 aliphatic rings. The Hall–Kier alpha value is -2.30. The van der Waals surface area contributed by atoms with Crippen molar-refractivity contribution in [2.24, 2.45) is 0 Å². The van der Waals surface area contributed by atoms with Crippen LogP contribution in [0.1, 0.15) is 28.9 Å². The largest absolute Gasteiger partial charge is 0.335 e. The fourth-order valence-corrected chi connectivity index (χ4v) is 1.97. The highest BCUT2D eigenvalue weighted by Gasteiger charge is 2.20. The van der Waals surface area contributed by atoms with Gasteiger partial charge in [0.05, 0.1) is 6.04 Å². The van der Waals surface area contributed by atoms with Gasteiger partial charge in [0.1, 0.15) is 5.82 Å². The molecule has 0 N–H and O–H groups in total. The Kier molecular flexibility index (Phi) is 4.31. The summed E-state index contributed by atoms with van der Waals surface area (Å²) in [6, 6.07) is 8.46. The van der Waals surface area contributed by atoms with Crippen LogP contribution < -0.4 is 0 Å². The van der Waals surface area contributed by atoms with E-state index in [2.05, 4.69) is 0 Å². The number of benzene rings is 2. The standard InChI is InChI=1S/C16H14F3NO/c1-10(11-3-6-13(17)7-4-11)20(2)16(21)12-5-8-14(18)15(19)9-12/h3-10H,1-2H3. The van der Waals surface area contributed by atoms with Crippen molar-refractivity contribution < 1.29 is 18.0 Å². The normalized spacial score (nSPS) is 12.0. The zero-order chi connectivity index (χ0) is 15.6. The highest BCUT2D eigenvalue weighted by Crippen LogP contribution is 2.21. The lowest BCUT2D eigenvalue weighted by Gasteiger charge is -2.25. The Morgan fingerprint density at radius 2 is 1.62 bits per heavy atom. The van der Waals surface area contributed by atoms with Gasteiger partial charge in [0.2, 0.25) is 0 Å². The Morgan fingerprint density at radius 3 is 2.19 bits per heavy atom. The van der Waals surface area contributed by atoms with E-state index in [-0.39, 0.29) is 17.4 Å². The van der Waals surface area contributed by atoms with E-state index in [1.165, 1.54) is 23.1 Å². The fraction of sp³-hybridized carbons (Fsp3) is 0.188. The molecule has 2 aromatic rings. The first-order valence-corrected chi connectivity index (χ1v) is 6.38. The number of carbonyl (C=O) groups excluding carboxylic acids is 1. The number of halogens is 3. The van der Waals surface area contributed by atoms with Crippen molar-refractivity contribution in [1.29, 1.82) is 0 Å². The molecular weight excluding hydrogens is 279 g/mol. The van der Waals surface area contributed by atoms with Crippen molar-refractivity contribution in [3.63, 3.8) is 0 Å². The number of hydrogen-bond acceptors (Lipinski definition) is 1. The molecule has 0 spiro atoms. The van der Waals surface area contributed by atoms with Crippen molar-refractivity contribution in [3.05, 3.63) is 71.0 Å². The molecule has 2 aromatic carbocycles. The number of hydrogen-bond donors (Lipinski definition) is 0. The van der Waals surface area contributed by atoms with Crippen LogP contribution in [-0.2, 0) is 0 Å². The molecule has 1 atom stereocenters. The topological polar surface area (TPSA) is 20.3 Å². The molecule has 110 valence electrons. The predicted molar refractivity (Wildman–Crippen MR) is 73.3 cm³/mol. The average Bonchev–Trinajstić information content (AvgIpc) is 2.48. The molecule has 1 unspecified atom stereocenters. The molecule has 0 bridgehead atoms. The zero-order valence-corrected chi connectivity index (χ0v) is 11.6. The summed E-state index contributed by atoms with van der Waals surface area (Å²) in [5.74, 6) is -2.87. The molecule has 0 saturated heterocycles. The van der Waals surface area contributed by atoms with Crippen molar-refractivity contribution in [2.45, 2.75) is 13.0 Å². The van der Waals surface area contributed by atoms with Gasteiger partial charge in [-0.3, -0.25) is 4.79 Å². The molecule has 1 amide bonds. The van der Waals surface area contributed by atoms with E-state index in [9.17, 15) is 18.0 Å². The first kappa shape index (κ1) is 15.1. The van der Waals surface area contributed by atoms with Crippen molar-refractivity contribution in [3.8, 4) is 0 Å². The third kappa shape index (κ3) is 3.24. The van der Waals surface area contributed by atoms with Gasteiger partial charge in [-0.2, -0.15) is 0 Å². The van der Waals surface area contributed by atoms with Gasteiger partial charge in [-0.15, -0.1) is 0 Å². The highest BCUT2D eigenvalue weighted by atomic mass is 19.2. The molecule has 5 heteroatoms. The van der Waals surface area contributed by atoms with E-state index in [0.717, 1.165) is 17.7 Å². The fourth-order valence-electron chi connectivity index (χ4n) is 1.97. The SMILES string of the molecule is CC(c1ccc(F)cc1)N(C)C(=O)c1ccc(F)c(F)c1. The van der Waals surface area contributed by atoms with E-state index >= 15 is 0 Å². The molecule has 0 aliphatic heterocycles. The predicted octanol–water partition coefficient (Wildman–Crippen LogP) is 3.94. The van der Waals surface area contributed by atoms with Gasteiger partial charge in [0.25, 0.3) is 5.91 Å². The van der Waals surface area contributed by atoms with Crippen LogP contribution in [0.25, 0.3) is 0 Å². The molecule has 0 fully saturated rings. The minimum atomic E-state index is -1.07. The van der Waals surface area contributed by atoms with Crippen LogP contribution in [0.4, 0.5) is 13.2 Å². The van der Waals surface area contributed by atoms with Crippen LogP contribution in [0.15, 0.2) is 42.5 Å². The van der Waals surface area contributed by atoms with E-state index in [1.807, 2.05) is 0 Å². The second kappa shape index (κ2) is 5.99. The summed E-state index contributed by atoms with van der Waals surface area (Å²) in [5.41, 5.74) is 0.806. The lowest BCUT2D eigenvalue weighted by atomic mass is 10.1. The lowest BCUT2D eigenvalue weighted by Crippen LogP contribution is -2.29. The smallest absolute Gasteiger partial charge is 0.254 e. The van der Waals surface area contributed by atoms with E-state index in [0.29, 0.717) is 0 Å². The van der Waals surface area contributed by atoms with E-state index < -0.39 is 17.5 Å². The highest BCUT2D eigenvalue weighted by molar-refractivity contribution is 5.94. The van der Waals surface area contributed by atoms with E-state index in [1.54, 1.807) is 26.1 Å². The van der Waals surface area contributed by atoms with Crippen LogP contribution in [-0.4, -0.2) is 17.9 Å². The summed E-state index contributed by atoms with van der Waals surface area (Å²) < 4.78 is 39.0. The first-order chi connectivity index (χ1) is 9.90. The molecule has 21 heavy (non-hydrogen) atoms. The number of nitrogens with zero attached hydrogens (tertiary/aromatic N) is 1. The van der Waals surface area contributed by atoms with Crippen molar-refractivity contribution in [1.82, 2.24) is 4.90 Å². The van der Waals surface area contributed by atoms with Crippen molar-refractivity contribution in [2.75, 3.05) is 7.05 Å². The van der Waals surface area contributed by atoms with Crippen LogP contribution in [0, 0.1) is 17.5 Å². The Labute approximate surface area is 120 Å². The summed E-state index contributed by atoms with van der Waals surface area (Å²) in [7, 11) is 1.55. The van der Waals surface area contributed by atoms with Crippen LogP contribution in [0.2, 0.25) is 0 Å².